The van der Waals surface area contributed by atoms with Crippen LogP contribution in [-0.4, -0.2) is 54.3 Å². The number of thiazole rings is 1. The molecular formula is C22H25FN4O3S. The van der Waals surface area contributed by atoms with Crippen molar-refractivity contribution in [3.8, 4) is 5.88 Å². The van der Waals surface area contributed by atoms with Crippen molar-refractivity contribution in [2.45, 2.75) is 32.1 Å². The third kappa shape index (κ3) is 3.80. The second kappa shape index (κ2) is 8.20. The molecule has 0 atom stereocenters. The molecule has 5 rings (SSSR count). The number of ether oxygens (including phenoxy) is 2. The molecular weight excluding hydrogens is 419 g/mol. The first-order chi connectivity index (χ1) is 15.1. The van der Waals surface area contributed by atoms with Crippen LogP contribution in [0.2, 0.25) is 0 Å². The number of pyridine rings is 1. The average molecular weight is 445 g/mol. The van der Waals surface area contributed by atoms with Crippen molar-refractivity contribution in [3.05, 3.63) is 29.7 Å². The summed E-state index contributed by atoms with van der Waals surface area (Å²) in [6, 6.07) is -0.170. The number of nitrogens with zero attached hydrogens (tertiary/aromatic N) is 3. The van der Waals surface area contributed by atoms with E-state index in [1.165, 1.54) is 18.4 Å². The first-order valence-electron chi connectivity index (χ1n) is 10.6. The number of urea groups is 1. The first kappa shape index (κ1) is 20.4. The van der Waals surface area contributed by atoms with Crippen molar-refractivity contribution >= 4 is 38.3 Å². The standard InChI is InChI=1S/C22H25FN4O3S/c1-29-19-16-17(15(18(23)25-19)14-5-3-2-4-6-14)31-20(24-16)26-21(28)27-10-7-22(13-27)8-11-30-12-9-22/h2-3,5H,4,6-13H2,1H3,(H,24,26,28). The van der Waals surface area contributed by atoms with Crippen LogP contribution < -0.4 is 10.1 Å². The summed E-state index contributed by atoms with van der Waals surface area (Å²) in [6.45, 7) is 2.98. The summed E-state index contributed by atoms with van der Waals surface area (Å²) in [5.41, 5.74) is 1.97. The second-order valence-corrected chi connectivity index (χ2v) is 9.36. The normalized spacial score (nSPS) is 20.3. The molecule has 3 aliphatic rings. The van der Waals surface area contributed by atoms with Gasteiger partial charge in [0.2, 0.25) is 11.8 Å². The Morgan fingerprint density at radius 1 is 1.32 bits per heavy atom. The Hall–Kier alpha value is -2.52. The molecule has 2 aliphatic heterocycles. The van der Waals surface area contributed by atoms with Gasteiger partial charge in [-0.25, -0.2) is 9.78 Å². The van der Waals surface area contributed by atoms with Gasteiger partial charge in [0.15, 0.2) is 5.13 Å². The minimum Gasteiger partial charge on any atom is -0.479 e. The number of nitrogens with one attached hydrogen (secondary N) is 1. The van der Waals surface area contributed by atoms with Gasteiger partial charge in [0.1, 0.15) is 5.52 Å². The van der Waals surface area contributed by atoms with Crippen LogP contribution in [0, 0.1) is 11.4 Å². The van der Waals surface area contributed by atoms with E-state index in [4.69, 9.17) is 9.47 Å². The zero-order chi connectivity index (χ0) is 21.4. The van der Waals surface area contributed by atoms with Gasteiger partial charge >= 0.3 is 6.03 Å². The molecule has 0 aromatic carbocycles. The Labute approximate surface area is 183 Å². The Kier molecular flexibility index (Phi) is 5.39. The fourth-order valence-corrected chi connectivity index (χ4v) is 5.72. The minimum atomic E-state index is -0.576. The first-order valence-corrected chi connectivity index (χ1v) is 11.4. The lowest BCUT2D eigenvalue weighted by Crippen LogP contribution is -2.37. The summed E-state index contributed by atoms with van der Waals surface area (Å²) in [5, 5.41) is 3.34. The quantitative estimate of drug-likeness (QED) is 0.700. The fourth-order valence-electron chi connectivity index (χ4n) is 4.70. The molecule has 1 spiro atoms. The molecule has 1 N–H and O–H groups in total. The molecule has 7 nitrogen and oxygen atoms in total. The molecule has 0 radical (unpaired) electrons. The van der Waals surface area contributed by atoms with Crippen LogP contribution in [0.3, 0.4) is 0 Å². The molecule has 31 heavy (non-hydrogen) atoms. The van der Waals surface area contributed by atoms with E-state index in [9.17, 15) is 9.18 Å². The number of carbonyl (C=O) groups is 1. The van der Waals surface area contributed by atoms with Gasteiger partial charge in [0, 0.05) is 26.3 Å². The Morgan fingerprint density at radius 3 is 2.90 bits per heavy atom. The largest absolute Gasteiger partial charge is 0.479 e. The van der Waals surface area contributed by atoms with Gasteiger partial charge in [-0.2, -0.15) is 9.37 Å². The van der Waals surface area contributed by atoms with Crippen LogP contribution in [-0.2, 0) is 4.74 Å². The number of allylic oxidation sites excluding steroid dienone is 4. The van der Waals surface area contributed by atoms with E-state index in [0.717, 1.165) is 64.0 Å². The Bertz CT molecular complexity index is 1070. The number of rotatable bonds is 3. The number of likely N-dealkylation sites (tertiary alicyclic amines) is 1. The number of aromatic nitrogens is 2. The summed E-state index contributed by atoms with van der Waals surface area (Å²) in [5.74, 6) is -0.448. The maximum atomic E-state index is 14.9. The van der Waals surface area contributed by atoms with Crippen molar-refractivity contribution in [2.24, 2.45) is 5.41 Å². The number of anilines is 1. The SMILES string of the molecule is COc1nc(F)c(C2=CC=CCC2)c2sc(NC(=O)N3CCC4(CCOCC4)C3)nc12. The summed E-state index contributed by atoms with van der Waals surface area (Å²) in [4.78, 5) is 23.3. The molecule has 2 saturated heterocycles. The van der Waals surface area contributed by atoms with E-state index in [2.05, 4.69) is 21.4 Å². The van der Waals surface area contributed by atoms with Gasteiger partial charge in [-0.1, -0.05) is 29.6 Å². The zero-order valence-electron chi connectivity index (χ0n) is 17.4. The van der Waals surface area contributed by atoms with Crippen molar-refractivity contribution in [2.75, 3.05) is 38.7 Å². The van der Waals surface area contributed by atoms with E-state index in [1.54, 1.807) is 0 Å². The predicted molar refractivity (Wildman–Crippen MR) is 118 cm³/mol. The smallest absolute Gasteiger partial charge is 0.323 e. The lowest BCUT2D eigenvalue weighted by molar-refractivity contribution is 0.0211. The highest BCUT2D eigenvalue weighted by atomic mass is 32.1. The molecule has 9 heteroatoms. The molecule has 2 fully saturated rings. The summed E-state index contributed by atoms with van der Waals surface area (Å²) in [6.07, 6.45) is 10.5. The highest BCUT2D eigenvalue weighted by Gasteiger charge is 2.41. The molecule has 0 unspecified atom stereocenters. The number of amides is 2. The average Bonchev–Trinajstić information content (AvgIpc) is 3.39. The van der Waals surface area contributed by atoms with E-state index < -0.39 is 5.95 Å². The van der Waals surface area contributed by atoms with E-state index in [-0.39, 0.29) is 17.3 Å². The van der Waals surface area contributed by atoms with Crippen LogP contribution in [0.4, 0.5) is 14.3 Å². The summed E-state index contributed by atoms with van der Waals surface area (Å²) < 4.78 is 26.3. The van der Waals surface area contributed by atoms with Gasteiger partial charge in [-0.05, 0) is 43.1 Å². The summed E-state index contributed by atoms with van der Waals surface area (Å²) in [7, 11) is 1.44. The molecule has 0 bridgehead atoms. The third-order valence-electron chi connectivity index (χ3n) is 6.48. The maximum absolute atomic E-state index is 14.9. The molecule has 2 aromatic heterocycles. The number of hydrogen-bond donors (Lipinski definition) is 1. The minimum absolute atomic E-state index is 0.127. The number of fused-ring (bicyclic) bond motifs is 1. The van der Waals surface area contributed by atoms with Crippen LogP contribution in [0.15, 0.2) is 18.2 Å². The van der Waals surface area contributed by atoms with Gasteiger partial charge in [0.05, 0.1) is 17.4 Å². The van der Waals surface area contributed by atoms with Crippen molar-refractivity contribution < 1.29 is 18.7 Å². The zero-order valence-corrected chi connectivity index (χ0v) is 18.3. The highest BCUT2D eigenvalue weighted by Crippen LogP contribution is 2.41. The van der Waals surface area contributed by atoms with Gasteiger partial charge < -0.3 is 14.4 Å². The Morgan fingerprint density at radius 2 is 2.16 bits per heavy atom. The van der Waals surface area contributed by atoms with Crippen LogP contribution in [0.5, 0.6) is 5.88 Å². The van der Waals surface area contributed by atoms with Crippen LogP contribution in [0.1, 0.15) is 37.7 Å². The topological polar surface area (TPSA) is 76.6 Å². The molecule has 2 amide bonds. The molecule has 1 aliphatic carbocycles. The lowest BCUT2D eigenvalue weighted by Gasteiger charge is -2.33. The highest BCUT2D eigenvalue weighted by molar-refractivity contribution is 7.22. The second-order valence-electron chi connectivity index (χ2n) is 8.36. The van der Waals surface area contributed by atoms with E-state index in [1.807, 2.05) is 17.1 Å². The van der Waals surface area contributed by atoms with Crippen molar-refractivity contribution in [3.63, 3.8) is 0 Å². The molecule has 164 valence electrons. The summed E-state index contributed by atoms with van der Waals surface area (Å²) >= 11 is 1.26. The maximum Gasteiger partial charge on any atom is 0.323 e. The van der Waals surface area contributed by atoms with Gasteiger partial charge in [0.25, 0.3) is 0 Å². The fraction of sp³-hybridized carbons (Fsp3) is 0.500. The number of carbonyl (C=O) groups excluding carboxylic acids is 1. The van der Waals surface area contributed by atoms with E-state index >= 15 is 0 Å². The van der Waals surface area contributed by atoms with Crippen molar-refractivity contribution in [1.82, 2.24) is 14.9 Å². The van der Waals surface area contributed by atoms with Crippen LogP contribution >= 0.6 is 11.3 Å². The predicted octanol–water partition coefficient (Wildman–Crippen LogP) is 4.61. The number of methoxy groups -OCH3 is 1. The van der Waals surface area contributed by atoms with E-state index in [0.29, 0.717) is 20.9 Å². The van der Waals surface area contributed by atoms with Crippen LogP contribution in [0.25, 0.3) is 15.8 Å². The van der Waals surface area contributed by atoms with Gasteiger partial charge in [-0.3, -0.25) is 5.32 Å². The number of halogens is 1. The number of hydrogen-bond acceptors (Lipinski definition) is 6. The Balaban J connectivity index is 1.42. The van der Waals surface area contributed by atoms with Gasteiger partial charge in [-0.15, -0.1) is 0 Å². The van der Waals surface area contributed by atoms with Crippen molar-refractivity contribution in [1.29, 1.82) is 0 Å². The molecule has 4 heterocycles. The molecule has 0 saturated carbocycles. The monoisotopic (exact) mass is 444 g/mol. The third-order valence-corrected chi connectivity index (χ3v) is 7.47. The lowest BCUT2D eigenvalue weighted by atomic mass is 9.80. The molecule has 2 aromatic rings.